The Labute approximate surface area is 119 Å². The molecule has 1 aliphatic rings. The van der Waals surface area contributed by atoms with Gasteiger partial charge in [-0.2, -0.15) is 0 Å². The van der Waals surface area contributed by atoms with Crippen LogP contribution in [0.25, 0.3) is 0 Å². The normalized spacial score (nSPS) is 20.9. The molecule has 0 bridgehead atoms. The summed E-state index contributed by atoms with van der Waals surface area (Å²) in [6.07, 6.45) is 0. The Morgan fingerprint density at radius 1 is 1.72 bits per heavy atom. The average molecular weight is 333 g/mol. The predicted molar refractivity (Wildman–Crippen MR) is 75.7 cm³/mol. The molecule has 1 amide bonds. The number of rotatable bonds is 4. The molecule has 18 heavy (non-hydrogen) atoms. The van der Waals surface area contributed by atoms with Crippen LogP contribution in [0.5, 0.6) is 0 Å². The van der Waals surface area contributed by atoms with Crippen LogP contribution >= 0.6 is 27.3 Å². The van der Waals surface area contributed by atoms with Crippen LogP contribution in [0.1, 0.15) is 11.8 Å². The summed E-state index contributed by atoms with van der Waals surface area (Å²) in [5.41, 5.74) is 0. The van der Waals surface area contributed by atoms with Crippen molar-refractivity contribution in [2.24, 2.45) is 0 Å². The lowest BCUT2D eigenvalue weighted by Gasteiger charge is -2.34. The van der Waals surface area contributed by atoms with Crippen molar-refractivity contribution in [3.63, 3.8) is 0 Å². The van der Waals surface area contributed by atoms with E-state index in [-0.39, 0.29) is 11.9 Å². The van der Waals surface area contributed by atoms with E-state index >= 15 is 0 Å². The molecule has 1 aromatic rings. The third-order valence-electron chi connectivity index (χ3n) is 2.87. The summed E-state index contributed by atoms with van der Waals surface area (Å²) >= 11 is 5.16. The van der Waals surface area contributed by atoms with E-state index < -0.39 is 0 Å². The van der Waals surface area contributed by atoms with Crippen LogP contribution < -0.4 is 5.32 Å². The first-order valence-electron chi connectivity index (χ1n) is 6.03. The maximum absolute atomic E-state index is 12.0. The third kappa shape index (κ3) is 3.54. The summed E-state index contributed by atoms with van der Waals surface area (Å²) in [7, 11) is 0. The second kappa shape index (κ2) is 6.65. The van der Waals surface area contributed by atoms with E-state index in [4.69, 9.17) is 4.74 Å². The number of thiophene rings is 1. The van der Waals surface area contributed by atoms with Crippen molar-refractivity contribution in [1.29, 1.82) is 0 Å². The lowest BCUT2D eigenvalue weighted by atomic mass is 10.2. The summed E-state index contributed by atoms with van der Waals surface area (Å²) < 4.78 is 6.52. The molecule has 6 heteroatoms. The number of halogens is 1. The molecule has 2 heterocycles. The molecule has 1 unspecified atom stereocenters. The first kappa shape index (κ1) is 14.0. The molecule has 1 aromatic heterocycles. The van der Waals surface area contributed by atoms with E-state index in [0.717, 1.165) is 17.6 Å². The highest BCUT2D eigenvalue weighted by Crippen LogP contribution is 2.22. The molecule has 1 fully saturated rings. The highest BCUT2D eigenvalue weighted by Gasteiger charge is 2.29. The Morgan fingerprint density at radius 3 is 3.22 bits per heavy atom. The van der Waals surface area contributed by atoms with Crippen LogP contribution in [0, 0.1) is 0 Å². The molecule has 1 N–H and O–H groups in total. The Kier molecular flexibility index (Phi) is 5.17. The molecule has 1 atom stereocenters. The topological polar surface area (TPSA) is 41.6 Å². The van der Waals surface area contributed by atoms with Gasteiger partial charge in [-0.3, -0.25) is 9.69 Å². The van der Waals surface area contributed by atoms with Crippen molar-refractivity contribution in [2.45, 2.75) is 19.5 Å². The maximum atomic E-state index is 12.0. The third-order valence-corrected chi connectivity index (χ3v) is 4.56. The zero-order valence-electron chi connectivity index (χ0n) is 10.3. The van der Waals surface area contributed by atoms with Gasteiger partial charge in [-0.05, 0) is 28.9 Å². The minimum absolute atomic E-state index is 0.0628. The van der Waals surface area contributed by atoms with Crippen LogP contribution in [-0.2, 0) is 16.1 Å². The summed E-state index contributed by atoms with van der Waals surface area (Å²) in [4.78, 5) is 15.4. The zero-order valence-corrected chi connectivity index (χ0v) is 12.7. The van der Waals surface area contributed by atoms with Crippen molar-refractivity contribution in [3.05, 3.63) is 20.8 Å². The number of amides is 1. The van der Waals surface area contributed by atoms with E-state index in [2.05, 4.69) is 37.6 Å². The molecule has 1 aliphatic heterocycles. The molecular weight excluding hydrogens is 316 g/mol. The molecule has 0 aliphatic carbocycles. The van der Waals surface area contributed by atoms with Crippen molar-refractivity contribution < 1.29 is 9.53 Å². The molecule has 0 radical (unpaired) electrons. The standard InChI is InChI=1S/C12H17BrN2O2S/c1-2-14-12(16)11-7-17-4-3-15(11)6-10-5-9(13)8-18-10/h5,8,11H,2-4,6-7H2,1H3,(H,14,16). The van der Waals surface area contributed by atoms with Crippen LogP contribution in [0.15, 0.2) is 15.9 Å². The molecule has 0 spiro atoms. The minimum Gasteiger partial charge on any atom is -0.378 e. The summed E-state index contributed by atoms with van der Waals surface area (Å²) in [5, 5.41) is 4.94. The molecule has 0 aromatic carbocycles. The van der Waals surface area contributed by atoms with Crippen molar-refractivity contribution >= 4 is 33.2 Å². The molecule has 100 valence electrons. The maximum Gasteiger partial charge on any atom is 0.239 e. The van der Waals surface area contributed by atoms with Crippen molar-refractivity contribution in [1.82, 2.24) is 10.2 Å². The Hall–Kier alpha value is -0.430. The van der Waals surface area contributed by atoms with E-state index in [9.17, 15) is 4.79 Å². The molecule has 1 saturated heterocycles. The molecule has 0 saturated carbocycles. The Bertz CT molecular complexity index is 411. The van der Waals surface area contributed by atoms with Crippen molar-refractivity contribution in [3.8, 4) is 0 Å². The fourth-order valence-corrected chi connectivity index (χ4v) is 3.47. The van der Waals surface area contributed by atoms with E-state index in [1.165, 1.54) is 4.88 Å². The Balaban J connectivity index is 2.01. The van der Waals surface area contributed by atoms with E-state index in [0.29, 0.717) is 19.8 Å². The van der Waals surface area contributed by atoms with Gasteiger partial charge in [-0.1, -0.05) is 0 Å². The molecule has 4 nitrogen and oxygen atoms in total. The SMILES string of the molecule is CCNC(=O)C1COCCN1Cc1cc(Br)cs1. The molecule has 2 rings (SSSR count). The highest BCUT2D eigenvalue weighted by atomic mass is 79.9. The van der Waals surface area contributed by atoms with Crippen molar-refractivity contribution in [2.75, 3.05) is 26.3 Å². The van der Waals surface area contributed by atoms with Crippen LogP contribution in [0.2, 0.25) is 0 Å². The number of hydrogen-bond acceptors (Lipinski definition) is 4. The number of ether oxygens (including phenoxy) is 1. The number of likely N-dealkylation sites (N-methyl/N-ethyl adjacent to an activating group) is 1. The highest BCUT2D eigenvalue weighted by molar-refractivity contribution is 9.10. The lowest BCUT2D eigenvalue weighted by molar-refractivity contribution is -0.132. The lowest BCUT2D eigenvalue weighted by Crippen LogP contribution is -2.53. The number of nitrogens with one attached hydrogen (secondary N) is 1. The first-order chi connectivity index (χ1) is 8.70. The smallest absolute Gasteiger partial charge is 0.239 e. The first-order valence-corrected chi connectivity index (χ1v) is 7.70. The predicted octanol–water partition coefficient (Wildman–Crippen LogP) is 1.85. The Morgan fingerprint density at radius 2 is 2.56 bits per heavy atom. The van der Waals surface area contributed by atoms with Crippen LogP contribution in [0.3, 0.4) is 0 Å². The van der Waals surface area contributed by atoms with E-state index in [1.54, 1.807) is 11.3 Å². The number of carbonyl (C=O) groups excluding carboxylic acids is 1. The quantitative estimate of drug-likeness (QED) is 0.914. The van der Waals surface area contributed by atoms with Gasteiger partial charge in [0.15, 0.2) is 0 Å². The van der Waals surface area contributed by atoms with Crippen LogP contribution in [-0.4, -0.2) is 43.2 Å². The van der Waals surface area contributed by atoms with Crippen LogP contribution in [0.4, 0.5) is 0 Å². The summed E-state index contributed by atoms with van der Waals surface area (Å²) in [5.74, 6) is 0.0628. The number of morpholine rings is 1. The average Bonchev–Trinajstić information content (AvgIpc) is 2.76. The summed E-state index contributed by atoms with van der Waals surface area (Å²) in [6.45, 7) is 5.38. The fraction of sp³-hybridized carbons (Fsp3) is 0.583. The minimum atomic E-state index is -0.167. The van der Waals surface area contributed by atoms with Gasteiger partial charge in [0, 0.05) is 34.4 Å². The molecular formula is C12H17BrN2O2S. The van der Waals surface area contributed by atoms with Gasteiger partial charge in [0.05, 0.1) is 13.2 Å². The number of carbonyl (C=O) groups is 1. The van der Waals surface area contributed by atoms with Gasteiger partial charge in [-0.15, -0.1) is 11.3 Å². The summed E-state index contributed by atoms with van der Waals surface area (Å²) in [6, 6.07) is 1.94. The monoisotopic (exact) mass is 332 g/mol. The fourth-order valence-electron chi connectivity index (χ4n) is 2.00. The van der Waals surface area contributed by atoms with Gasteiger partial charge < -0.3 is 10.1 Å². The second-order valence-electron chi connectivity index (χ2n) is 4.19. The zero-order chi connectivity index (χ0) is 13.0. The van der Waals surface area contributed by atoms with Gasteiger partial charge in [0.2, 0.25) is 5.91 Å². The van der Waals surface area contributed by atoms with Gasteiger partial charge >= 0.3 is 0 Å². The number of nitrogens with zero attached hydrogens (tertiary/aromatic N) is 1. The van der Waals surface area contributed by atoms with Gasteiger partial charge in [0.25, 0.3) is 0 Å². The van der Waals surface area contributed by atoms with Gasteiger partial charge in [0.1, 0.15) is 6.04 Å². The second-order valence-corrected chi connectivity index (χ2v) is 6.10. The largest absolute Gasteiger partial charge is 0.378 e. The number of hydrogen-bond donors (Lipinski definition) is 1. The van der Waals surface area contributed by atoms with Gasteiger partial charge in [-0.25, -0.2) is 0 Å². The van der Waals surface area contributed by atoms with E-state index in [1.807, 2.05) is 6.92 Å².